The van der Waals surface area contributed by atoms with E-state index in [4.69, 9.17) is 9.84 Å². The molecular formula is C14H18O3. The van der Waals surface area contributed by atoms with Gasteiger partial charge in [-0.25, -0.2) is 4.79 Å². The topological polar surface area (TPSA) is 46.5 Å². The number of rotatable bonds is 1. The first-order valence-electron chi connectivity index (χ1n) is 5.91. The Bertz CT molecular complexity index is 443. The van der Waals surface area contributed by atoms with Crippen LogP contribution in [0.2, 0.25) is 0 Å². The molecule has 1 atom stereocenters. The Balaban J connectivity index is 2.43. The molecule has 0 fully saturated rings. The Hall–Kier alpha value is -1.51. The molecule has 0 saturated carbocycles. The summed E-state index contributed by atoms with van der Waals surface area (Å²) in [5, 5.41) is 9.03. The van der Waals surface area contributed by atoms with Crippen molar-refractivity contribution in [2.75, 3.05) is 0 Å². The molecule has 1 aromatic rings. The molecule has 3 nitrogen and oxygen atoms in total. The van der Waals surface area contributed by atoms with Crippen LogP contribution in [-0.2, 0) is 16.6 Å². The lowest BCUT2D eigenvalue weighted by Gasteiger charge is -2.30. The van der Waals surface area contributed by atoms with Crippen molar-refractivity contribution in [3.63, 3.8) is 0 Å². The summed E-state index contributed by atoms with van der Waals surface area (Å²) in [4.78, 5) is 11.0. The summed E-state index contributed by atoms with van der Waals surface area (Å²) in [6.45, 7) is 6.32. The van der Waals surface area contributed by atoms with Gasteiger partial charge in [0.25, 0.3) is 0 Å². The fourth-order valence-corrected chi connectivity index (χ4v) is 2.17. The molecule has 2 rings (SSSR count). The van der Waals surface area contributed by atoms with Crippen LogP contribution in [0.4, 0.5) is 0 Å². The Labute approximate surface area is 101 Å². The third kappa shape index (κ3) is 2.28. The molecule has 92 valence electrons. The second-order valence-electron chi connectivity index (χ2n) is 5.53. The molecular weight excluding hydrogens is 216 g/mol. The summed E-state index contributed by atoms with van der Waals surface area (Å²) in [7, 11) is 0. The van der Waals surface area contributed by atoms with E-state index in [-0.39, 0.29) is 5.41 Å². The van der Waals surface area contributed by atoms with Gasteiger partial charge in [-0.3, -0.25) is 0 Å². The van der Waals surface area contributed by atoms with Crippen molar-refractivity contribution in [1.29, 1.82) is 0 Å². The normalized spacial score (nSPS) is 19.4. The number of carboxylic acid groups (broad SMARTS) is 1. The van der Waals surface area contributed by atoms with Crippen LogP contribution in [0.3, 0.4) is 0 Å². The van der Waals surface area contributed by atoms with E-state index in [2.05, 4.69) is 20.8 Å². The van der Waals surface area contributed by atoms with Crippen molar-refractivity contribution >= 4 is 5.97 Å². The zero-order valence-corrected chi connectivity index (χ0v) is 10.5. The number of hydrogen-bond donors (Lipinski definition) is 1. The van der Waals surface area contributed by atoms with E-state index in [1.54, 1.807) is 0 Å². The van der Waals surface area contributed by atoms with Gasteiger partial charge in [-0.15, -0.1) is 0 Å². The van der Waals surface area contributed by atoms with Gasteiger partial charge < -0.3 is 9.84 Å². The molecule has 0 amide bonds. The molecule has 1 aliphatic rings. The molecule has 0 aromatic heterocycles. The van der Waals surface area contributed by atoms with E-state index < -0.39 is 12.1 Å². The maximum absolute atomic E-state index is 11.0. The minimum Gasteiger partial charge on any atom is -0.479 e. The lowest BCUT2D eigenvalue weighted by Crippen LogP contribution is -2.32. The van der Waals surface area contributed by atoms with Crippen LogP contribution in [0.25, 0.3) is 0 Å². The van der Waals surface area contributed by atoms with E-state index in [9.17, 15) is 4.79 Å². The third-order valence-electron chi connectivity index (χ3n) is 3.12. The summed E-state index contributed by atoms with van der Waals surface area (Å²) in [5.41, 5.74) is 2.17. The average Bonchev–Trinajstić information content (AvgIpc) is 2.26. The first-order valence-corrected chi connectivity index (χ1v) is 5.91. The molecule has 0 saturated heterocycles. The van der Waals surface area contributed by atoms with Gasteiger partial charge in [0, 0.05) is 0 Å². The third-order valence-corrected chi connectivity index (χ3v) is 3.12. The minimum atomic E-state index is -0.876. The Kier molecular flexibility index (Phi) is 2.86. The fraction of sp³-hybridized carbons (Fsp3) is 0.500. The summed E-state index contributed by atoms with van der Waals surface area (Å²) in [6, 6.07) is 6.05. The molecule has 0 aliphatic carbocycles. The van der Waals surface area contributed by atoms with E-state index in [1.807, 2.05) is 18.2 Å². The molecule has 0 bridgehead atoms. The predicted octanol–water partition coefficient (Wildman–Crippen LogP) is 2.76. The number of fused-ring (bicyclic) bond motifs is 1. The van der Waals surface area contributed by atoms with E-state index in [0.717, 1.165) is 23.3 Å². The molecule has 1 aromatic carbocycles. The average molecular weight is 234 g/mol. The van der Waals surface area contributed by atoms with Crippen LogP contribution in [0.1, 0.15) is 38.3 Å². The number of aliphatic carboxylic acids is 1. The van der Waals surface area contributed by atoms with Crippen molar-refractivity contribution in [3.8, 4) is 5.75 Å². The van der Waals surface area contributed by atoms with E-state index >= 15 is 0 Å². The number of ether oxygens (including phenoxy) is 1. The summed E-state index contributed by atoms with van der Waals surface area (Å²) in [5.74, 6) is -0.0991. The van der Waals surface area contributed by atoms with Gasteiger partial charge in [-0.1, -0.05) is 39.0 Å². The zero-order chi connectivity index (χ0) is 12.6. The Morgan fingerprint density at radius 1 is 1.41 bits per heavy atom. The quantitative estimate of drug-likeness (QED) is 0.812. The summed E-state index contributed by atoms with van der Waals surface area (Å²) in [6.07, 6.45) is 0.623. The standard InChI is InChI=1S/C14H18O3/c1-14(2,3)10-6-4-5-9-7-8-11(13(15)16)17-12(9)10/h4-6,11H,7-8H2,1-3H3,(H,15,16). The van der Waals surface area contributed by atoms with Crippen LogP contribution in [0, 0.1) is 0 Å². The molecule has 0 spiro atoms. The van der Waals surface area contributed by atoms with Crippen molar-refractivity contribution in [1.82, 2.24) is 0 Å². The number of hydrogen-bond acceptors (Lipinski definition) is 2. The number of para-hydroxylation sites is 1. The maximum Gasteiger partial charge on any atom is 0.344 e. The molecule has 1 heterocycles. The highest BCUT2D eigenvalue weighted by molar-refractivity contribution is 5.73. The Morgan fingerprint density at radius 2 is 2.12 bits per heavy atom. The van der Waals surface area contributed by atoms with Crippen LogP contribution < -0.4 is 4.74 Å². The van der Waals surface area contributed by atoms with Gasteiger partial charge in [0.1, 0.15) is 5.75 Å². The lowest BCUT2D eigenvalue weighted by molar-refractivity contribution is -0.145. The number of benzene rings is 1. The number of carboxylic acids is 1. The largest absolute Gasteiger partial charge is 0.479 e. The number of aryl methyl sites for hydroxylation is 1. The van der Waals surface area contributed by atoms with Crippen LogP contribution in [-0.4, -0.2) is 17.2 Å². The Morgan fingerprint density at radius 3 is 2.71 bits per heavy atom. The molecule has 3 heteroatoms. The predicted molar refractivity (Wildman–Crippen MR) is 65.5 cm³/mol. The molecule has 1 aliphatic heterocycles. The van der Waals surface area contributed by atoms with Crippen LogP contribution in [0.15, 0.2) is 18.2 Å². The van der Waals surface area contributed by atoms with Crippen molar-refractivity contribution in [2.45, 2.75) is 45.1 Å². The molecule has 1 N–H and O–H groups in total. The van der Waals surface area contributed by atoms with E-state index in [0.29, 0.717) is 6.42 Å². The number of carbonyl (C=O) groups is 1. The molecule has 1 unspecified atom stereocenters. The smallest absolute Gasteiger partial charge is 0.344 e. The molecule has 0 radical (unpaired) electrons. The zero-order valence-electron chi connectivity index (χ0n) is 10.5. The first-order chi connectivity index (χ1) is 7.89. The van der Waals surface area contributed by atoms with E-state index in [1.165, 1.54) is 0 Å². The van der Waals surface area contributed by atoms with Crippen LogP contribution in [0.5, 0.6) is 5.75 Å². The van der Waals surface area contributed by atoms with Gasteiger partial charge in [0.2, 0.25) is 0 Å². The highest BCUT2D eigenvalue weighted by Crippen LogP contribution is 2.37. The van der Waals surface area contributed by atoms with Gasteiger partial charge in [-0.2, -0.15) is 0 Å². The van der Waals surface area contributed by atoms with Gasteiger partial charge >= 0.3 is 5.97 Å². The van der Waals surface area contributed by atoms with Gasteiger partial charge in [-0.05, 0) is 29.4 Å². The first kappa shape index (κ1) is 12.0. The summed E-state index contributed by atoms with van der Waals surface area (Å²) >= 11 is 0. The van der Waals surface area contributed by atoms with Gasteiger partial charge in [0.15, 0.2) is 6.10 Å². The van der Waals surface area contributed by atoms with Crippen LogP contribution >= 0.6 is 0 Å². The van der Waals surface area contributed by atoms with Crippen molar-refractivity contribution in [3.05, 3.63) is 29.3 Å². The fourth-order valence-electron chi connectivity index (χ4n) is 2.17. The molecule has 17 heavy (non-hydrogen) atoms. The SMILES string of the molecule is CC(C)(C)c1cccc2c1OC(C(=O)O)CC2. The highest BCUT2D eigenvalue weighted by Gasteiger charge is 2.30. The highest BCUT2D eigenvalue weighted by atomic mass is 16.5. The lowest BCUT2D eigenvalue weighted by atomic mass is 9.84. The minimum absolute atomic E-state index is 0.0360. The monoisotopic (exact) mass is 234 g/mol. The summed E-state index contributed by atoms with van der Waals surface area (Å²) < 4.78 is 5.65. The maximum atomic E-state index is 11.0. The second-order valence-corrected chi connectivity index (χ2v) is 5.53. The second kappa shape index (κ2) is 4.06. The van der Waals surface area contributed by atoms with Crippen molar-refractivity contribution < 1.29 is 14.6 Å². The van der Waals surface area contributed by atoms with Gasteiger partial charge in [0.05, 0.1) is 0 Å². The van der Waals surface area contributed by atoms with Crippen molar-refractivity contribution in [2.24, 2.45) is 0 Å².